The zero-order valence-electron chi connectivity index (χ0n) is 21.8. The molecule has 9 nitrogen and oxygen atoms in total. The van der Waals surface area contributed by atoms with Crippen LogP contribution in [0.25, 0.3) is 0 Å². The summed E-state index contributed by atoms with van der Waals surface area (Å²) in [5.74, 6) is -0.170. The van der Waals surface area contributed by atoms with Crippen LogP contribution in [0.4, 0.5) is 5.82 Å². The number of aromatic nitrogens is 2. The number of carbonyl (C=O) groups is 1. The number of hydrogen-bond donors (Lipinski definition) is 2. The molecule has 6 rings (SSSR count). The summed E-state index contributed by atoms with van der Waals surface area (Å²) in [5, 5.41) is 6.17. The van der Waals surface area contributed by atoms with Crippen LogP contribution in [0.15, 0.2) is 108 Å². The fourth-order valence-corrected chi connectivity index (χ4v) is 5.28. The maximum absolute atomic E-state index is 13.1. The molecule has 0 radical (unpaired) electrons. The molecule has 40 heavy (non-hydrogen) atoms. The van der Waals surface area contributed by atoms with Crippen LogP contribution in [0.5, 0.6) is 0 Å². The quantitative estimate of drug-likeness (QED) is 0.318. The summed E-state index contributed by atoms with van der Waals surface area (Å²) in [6, 6.07) is 29.9. The lowest BCUT2D eigenvalue weighted by molar-refractivity contribution is -0.155. The van der Waals surface area contributed by atoms with Crippen LogP contribution >= 0.6 is 0 Å². The van der Waals surface area contributed by atoms with Crippen LogP contribution in [0, 0.1) is 0 Å². The Morgan fingerprint density at radius 1 is 0.950 bits per heavy atom. The van der Waals surface area contributed by atoms with Crippen LogP contribution in [0.2, 0.25) is 0 Å². The number of ether oxygens (including phenoxy) is 3. The standard InChI is InChI=1S/C31H30N4O5/c36-28(24-14-8-3-9-15-24)33-25-16-17-35(30(37)34-25)29-26-27(39-19-23-12-6-2-7-13-23)31(40-29,20-32-26)21-38-18-22-10-4-1-5-11-22/h1-17,26-27,29,32H,18-21H2,(H,33,34,36,37)/t26-,27+,29-,31-/m1/s1. The van der Waals surface area contributed by atoms with E-state index in [1.807, 2.05) is 66.7 Å². The number of amides is 1. The smallest absolute Gasteiger partial charge is 0.351 e. The molecule has 4 aromatic rings. The van der Waals surface area contributed by atoms with Gasteiger partial charge in [-0.05, 0) is 29.3 Å². The highest BCUT2D eigenvalue weighted by Crippen LogP contribution is 2.43. The summed E-state index contributed by atoms with van der Waals surface area (Å²) < 4.78 is 20.6. The summed E-state index contributed by atoms with van der Waals surface area (Å²) in [7, 11) is 0. The highest BCUT2D eigenvalue weighted by molar-refractivity contribution is 6.03. The number of benzene rings is 3. The zero-order chi connectivity index (χ0) is 27.4. The first-order chi connectivity index (χ1) is 19.6. The van der Waals surface area contributed by atoms with Gasteiger partial charge in [0.2, 0.25) is 0 Å². The molecule has 0 saturated carbocycles. The van der Waals surface area contributed by atoms with E-state index in [1.54, 1.807) is 36.5 Å². The number of rotatable bonds is 10. The number of nitrogens with zero attached hydrogens (tertiary/aromatic N) is 2. The van der Waals surface area contributed by atoms with Crippen molar-refractivity contribution in [3.8, 4) is 0 Å². The average Bonchev–Trinajstić information content (AvgIpc) is 3.49. The maximum atomic E-state index is 13.1. The third kappa shape index (κ3) is 5.45. The molecule has 0 unspecified atom stereocenters. The Hall–Kier alpha value is -4.15. The summed E-state index contributed by atoms with van der Waals surface area (Å²) in [6.45, 7) is 1.65. The molecule has 1 aromatic heterocycles. The topological polar surface area (TPSA) is 104 Å². The van der Waals surface area contributed by atoms with E-state index >= 15 is 0 Å². The van der Waals surface area contributed by atoms with E-state index < -0.39 is 17.5 Å². The molecule has 2 fully saturated rings. The first kappa shape index (κ1) is 26.1. The zero-order valence-corrected chi connectivity index (χ0v) is 21.8. The van der Waals surface area contributed by atoms with E-state index in [2.05, 4.69) is 15.6 Å². The number of morpholine rings is 1. The van der Waals surface area contributed by atoms with Gasteiger partial charge in [-0.15, -0.1) is 0 Å². The molecule has 2 bridgehead atoms. The lowest BCUT2D eigenvalue weighted by Crippen LogP contribution is -2.48. The van der Waals surface area contributed by atoms with Crippen molar-refractivity contribution in [1.29, 1.82) is 0 Å². The first-order valence-electron chi connectivity index (χ1n) is 13.3. The summed E-state index contributed by atoms with van der Waals surface area (Å²) in [4.78, 5) is 29.8. The number of carbonyl (C=O) groups excluding carboxylic acids is 1. The molecular weight excluding hydrogens is 508 g/mol. The Bertz CT molecular complexity index is 1500. The molecule has 4 atom stereocenters. The van der Waals surface area contributed by atoms with Crippen LogP contribution in [-0.4, -0.2) is 46.4 Å². The number of nitrogens with one attached hydrogen (secondary N) is 2. The van der Waals surface area contributed by atoms with Crippen molar-refractivity contribution in [1.82, 2.24) is 14.9 Å². The molecule has 2 aliphatic rings. The van der Waals surface area contributed by atoms with Gasteiger partial charge < -0.3 is 24.8 Å². The Morgan fingerprint density at radius 3 is 2.27 bits per heavy atom. The van der Waals surface area contributed by atoms with Crippen molar-refractivity contribution in [3.63, 3.8) is 0 Å². The van der Waals surface area contributed by atoms with Crippen molar-refractivity contribution in [2.75, 3.05) is 18.5 Å². The second kappa shape index (κ2) is 11.5. The van der Waals surface area contributed by atoms with Gasteiger partial charge >= 0.3 is 5.69 Å². The van der Waals surface area contributed by atoms with Crippen LogP contribution in [-0.2, 0) is 27.4 Å². The van der Waals surface area contributed by atoms with Gasteiger partial charge in [0.25, 0.3) is 5.91 Å². The third-order valence-corrected chi connectivity index (χ3v) is 7.26. The molecule has 3 aromatic carbocycles. The molecular formula is C31H30N4O5. The third-order valence-electron chi connectivity index (χ3n) is 7.26. The predicted octanol–water partition coefficient (Wildman–Crippen LogP) is 3.54. The van der Waals surface area contributed by atoms with Gasteiger partial charge in [-0.2, -0.15) is 4.98 Å². The Balaban J connectivity index is 1.20. The molecule has 2 saturated heterocycles. The maximum Gasteiger partial charge on any atom is 0.351 e. The summed E-state index contributed by atoms with van der Waals surface area (Å²) >= 11 is 0. The van der Waals surface area contributed by atoms with Crippen molar-refractivity contribution in [2.45, 2.75) is 37.2 Å². The van der Waals surface area contributed by atoms with Gasteiger partial charge in [0, 0.05) is 18.3 Å². The molecule has 0 spiro atoms. The Labute approximate surface area is 231 Å². The van der Waals surface area contributed by atoms with E-state index in [9.17, 15) is 9.59 Å². The highest BCUT2D eigenvalue weighted by atomic mass is 16.6. The van der Waals surface area contributed by atoms with Gasteiger partial charge in [0.05, 0.1) is 25.9 Å². The number of fused-ring (bicyclic) bond motifs is 2. The fraction of sp³-hybridized carbons (Fsp3) is 0.258. The molecule has 1 amide bonds. The second-order valence-corrected chi connectivity index (χ2v) is 10.00. The van der Waals surface area contributed by atoms with E-state index in [4.69, 9.17) is 14.2 Å². The minimum atomic E-state index is -0.793. The Morgan fingerprint density at radius 2 is 1.60 bits per heavy atom. The minimum absolute atomic E-state index is 0.170. The van der Waals surface area contributed by atoms with Crippen molar-refractivity contribution in [2.24, 2.45) is 0 Å². The molecule has 204 valence electrons. The summed E-state index contributed by atoms with van der Waals surface area (Å²) in [6.07, 6.45) is 0.571. The van der Waals surface area contributed by atoms with Gasteiger partial charge in [0.15, 0.2) is 6.23 Å². The number of anilines is 1. The van der Waals surface area contributed by atoms with Crippen molar-refractivity contribution in [3.05, 3.63) is 130 Å². The molecule has 2 aliphatic heterocycles. The second-order valence-electron chi connectivity index (χ2n) is 10.00. The Kier molecular flexibility index (Phi) is 7.52. The van der Waals surface area contributed by atoms with E-state index in [0.717, 1.165) is 11.1 Å². The molecule has 2 N–H and O–H groups in total. The van der Waals surface area contributed by atoms with E-state index in [1.165, 1.54) is 4.57 Å². The first-order valence-corrected chi connectivity index (χ1v) is 13.3. The lowest BCUT2D eigenvalue weighted by Gasteiger charge is -2.32. The number of hydrogen-bond acceptors (Lipinski definition) is 7. The van der Waals surface area contributed by atoms with Crippen molar-refractivity contribution < 1.29 is 19.0 Å². The monoisotopic (exact) mass is 538 g/mol. The predicted molar refractivity (Wildman–Crippen MR) is 149 cm³/mol. The highest BCUT2D eigenvalue weighted by Gasteiger charge is 2.62. The fourth-order valence-electron chi connectivity index (χ4n) is 5.28. The van der Waals surface area contributed by atoms with E-state index in [-0.39, 0.29) is 30.5 Å². The lowest BCUT2D eigenvalue weighted by atomic mass is 10.00. The average molecular weight is 539 g/mol. The summed E-state index contributed by atoms with van der Waals surface area (Å²) in [5.41, 5.74) is 1.25. The van der Waals surface area contributed by atoms with Crippen LogP contribution in [0.3, 0.4) is 0 Å². The van der Waals surface area contributed by atoms with E-state index in [0.29, 0.717) is 25.3 Å². The normalized spacial score (nSPS) is 23.2. The molecule has 0 aliphatic carbocycles. The minimum Gasteiger partial charge on any atom is -0.374 e. The molecule has 3 heterocycles. The van der Waals surface area contributed by atoms with Gasteiger partial charge in [-0.1, -0.05) is 78.9 Å². The molecule has 9 heteroatoms. The van der Waals surface area contributed by atoms with Gasteiger partial charge in [0.1, 0.15) is 17.5 Å². The van der Waals surface area contributed by atoms with Gasteiger partial charge in [-0.3, -0.25) is 9.36 Å². The SMILES string of the molecule is O=C(Nc1ccn([C@@H]2O[C@@]3(COCc4ccccc4)CN[C@@H]2[C@@H]3OCc2ccccc2)c(=O)n1)c1ccccc1. The van der Waals surface area contributed by atoms with Gasteiger partial charge in [-0.25, -0.2) is 4.79 Å². The van der Waals surface area contributed by atoms with Crippen molar-refractivity contribution >= 4 is 11.7 Å². The largest absolute Gasteiger partial charge is 0.374 e. The van der Waals surface area contributed by atoms with Crippen LogP contribution < -0.4 is 16.3 Å². The van der Waals surface area contributed by atoms with Crippen LogP contribution in [0.1, 0.15) is 27.7 Å².